The first-order valence-electron chi connectivity index (χ1n) is 7.38. The van der Waals surface area contributed by atoms with Gasteiger partial charge in [0.1, 0.15) is 5.75 Å². The number of fused-ring (bicyclic) bond motifs is 1. The van der Waals surface area contributed by atoms with Crippen LogP contribution in [0.1, 0.15) is 29.6 Å². The van der Waals surface area contributed by atoms with E-state index in [-0.39, 0.29) is 12.2 Å². The summed E-state index contributed by atoms with van der Waals surface area (Å²) >= 11 is 0. The Morgan fingerprint density at radius 2 is 1.65 bits per heavy atom. The summed E-state index contributed by atoms with van der Waals surface area (Å²) < 4.78 is 24.0. The zero-order valence-corrected chi connectivity index (χ0v) is 13.5. The number of primary amides is 1. The highest BCUT2D eigenvalue weighted by atomic mass is 32.2. The summed E-state index contributed by atoms with van der Waals surface area (Å²) in [7, 11) is -3.48. The fourth-order valence-corrected chi connectivity index (χ4v) is 3.69. The topological polar surface area (TPSA) is 94.3 Å². The molecule has 0 atom stereocenters. The molecule has 0 aliphatic carbocycles. The molecule has 2 N–H and O–H groups in total. The van der Waals surface area contributed by atoms with E-state index in [2.05, 4.69) is 0 Å². The molecule has 122 valence electrons. The molecule has 0 spiro atoms. The van der Waals surface area contributed by atoms with E-state index in [0.717, 1.165) is 10.8 Å². The van der Waals surface area contributed by atoms with Gasteiger partial charge in [-0.15, -0.1) is 0 Å². The van der Waals surface area contributed by atoms with Crippen molar-refractivity contribution < 1.29 is 18.0 Å². The van der Waals surface area contributed by atoms with Crippen molar-refractivity contribution in [3.63, 3.8) is 0 Å². The molecule has 2 aromatic rings. The third-order valence-electron chi connectivity index (χ3n) is 3.55. The second-order valence-corrected chi connectivity index (χ2v) is 7.68. The second kappa shape index (κ2) is 7.37. The zero-order valence-electron chi connectivity index (χ0n) is 12.7. The number of nitrogens with two attached hydrogens (primary N) is 1. The Morgan fingerprint density at radius 1 is 0.957 bits per heavy atom. The van der Waals surface area contributed by atoms with E-state index in [9.17, 15) is 18.0 Å². The maximum Gasteiger partial charge on any atom is 0.217 e. The molecule has 6 heteroatoms. The summed E-state index contributed by atoms with van der Waals surface area (Å²) in [4.78, 5) is 22.8. The van der Waals surface area contributed by atoms with E-state index in [1.165, 1.54) is 0 Å². The van der Waals surface area contributed by atoms with E-state index >= 15 is 0 Å². The number of unbranched alkanes of at least 4 members (excludes halogenated alkanes) is 1. The van der Waals surface area contributed by atoms with Crippen molar-refractivity contribution in [2.24, 2.45) is 5.73 Å². The third kappa shape index (κ3) is 5.17. The van der Waals surface area contributed by atoms with Crippen LogP contribution >= 0.6 is 0 Å². The van der Waals surface area contributed by atoms with Gasteiger partial charge in [0.25, 0.3) is 0 Å². The minimum Gasteiger partial charge on any atom is -0.370 e. The van der Waals surface area contributed by atoms with Crippen molar-refractivity contribution >= 4 is 32.3 Å². The fourth-order valence-electron chi connectivity index (χ4n) is 2.34. The van der Waals surface area contributed by atoms with Gasteiger partial charge in [0.2, 0.25) is 5.91 Å². The van der Waals surface area contributed by atoms with Gasteiger partial charge < -0.3 is 5.73 Å². The van der Waals surface area contributed by atoms with Crippen LogP contribution in [0.5, 0.6) is 0 Å². The first kappa shape index (κ1) is 17.1. The molecule has 0 radical (unpaired) electrons. The number of Topliss-reactive ketones (excluding diaryl/α,β-unsaturated/α-hetero) is 1. The van der Waals surface area contributed by atoms with Gasteiger partial charge in [0, 0.05) is 12.0 Å². The van der Waals surface area contributed by atoms with Crippen LogP contribution in [0, 0.1) is 0 Å². The Balaban J connectivity index is 2.00. The predicted octanol–water partition coefficient (Wildman–Crippen LogP) is 2.09. The second-order valence-electron chi connectivity index (χ2n) is 5.50. The van der Waals surface area contributed by atoms with E-state index < -0.39 is 27.3 Å². The normalized spacial score (nSPS) is 11.5. The molecule has 0 bridgehead atoms. The lowest BCUT2D eigenvalue weighted by Gasteiger charge is -2.05. The molecule has 0 aromatic heterocycles. The minimum atomic E-state index is -3.48. The van der Waals surface area contributed by atoms with Crippen molar-refractivity contribution in [1.29, 1.82) is 0 Å². The molecular weight excluding hydrogens is 314 g/mol. The summed E-state index contributed by atoms with van der Waals surface area (Å²) in [5.41, 5.74) is 5.39. The van der Waals surface area contributed by atoms with Gasteiger partial charge in [0.15, 0.2) is 15.6 Å². The van der Waals surface area contributed by atoms with Crippen LogP contribution in [0.25, 0.3) is 10.8 Å². The van der Waals surface area contributed by atoms with Crippen LogP contribution in [-0.4, -0.2) is 31.6 Å². The van der Waals surface area contributed by atoms with Gasteiger partial charge in [-0.1, -0.05) is 36.4 Å². The highest BCUT2D eigenvalue weighted by Gasteiger charge is 2.18. The van der Waals surface area contributed by atoms with Crippen molar-refractivity contribution in [3.05, 3.63) is 48.0 Å². The van der Waals surface area contributed by atoms with Gasteiger partial charge in [-0.25, -0.2) is 8.42 Å². The number of amides is 1. The van der Waals surface area contributed by atoms with E-state index in [4.69, 9.17) is 5.73 Å². The zero-order chi connectivity index (χ0) is 16.9. The molecule has 5 nitrogen and oxygen atoms in total. The summed E-state index contributed by atoms with van der Waals surface area (Å²) in [6, 6.07) is 12.7. The molecule has 0 saturated heterocycles. The largest absolute Gasteiger partial charge is 0.370 e. The average molecular weight is 333 g/mol. The van der Waals surface area contributed by atoms with Crippen molar-refractivity contribution in [2.75, 3.05) is 11.5 Å². The Kier molecular flexibility index (Phi) is 5.50. The summed E-state index contributed by atoms with van der Waals surface area (Å²) in [6.45, 7) is 0. The van der Waals surface area contributed by atoms with Crippen LogP contribution in [0.3, 0.4) is 0 Å². The average Bonchev–Trinajstić information content (AvgIpc) is 2.50. The number of benzene rings is 2. The standard InChI is InChI=1S/C17H19NO4S/c18-17(20)7-3-4-10-23(21,22)12-16(19)15-9-8-13-5-1-2-6-14(13)11-15/h1-2,5-6,8-9,11H,3-4,7,10,12H2,(H2,18,20). The Morgan fingerprint density at radius 3 is 2.35 bits per heavy atom. The molecule has 0 saturated carbocycles. The number of hydrogen-bond donors (Lipinski definition) is 1. The number of carbonyl (C=O) groups is 2. The fraction of sp³-hybridized carbons (Fsp3) is 0.294. The van der Waals surface area contributed by atoms with E-state index in [0.29, 0.717) is 18.4 Å². The van der Waals surface area contributed by atoms with Gasteiger partial charge in [-0.05, 0) is 29.7 Å². The van der Waals surface area contributed by atoms with Crippen molar-refractivity contribution in [1.82, 2.24) is 0 Å². The lowest BCUT2D eigenvalue weighted by molar-refractivity contribution is -0.118. The SMILES string of the molecule is NC(=O)CCCCS(=O)(=O)CC(=O)c1ccc2ccccc2c1. The highest BCUT2D eigenvalue weighted by Crippen LogP contribution is 2.16. The number of ketones is 1. The number of sulfone groups is 1. The molecule has 0 fully saturated rings. The van der Waals surface area contributed by atoms with Crippen LogP contribution in [0.4, 0.5) is 0 Å². The maximum absolute atomic E-state index is 12.2. The van der Waals surface area contributed by atoms with Crippen LogP contribution in [0.15, 0.2) is 42.5 Å². The van der Waals surface area contributed by atoms with E-state index in [1.807, 2.05) is 30.3 Å². The first-order valence-corrected chi connectivity index (χ1v) is 9.20. The van der Waals surface area contributed by atoms with E-state index in [1.54, 1.807) is 12.1 Å². The summed E-state index contributed by atoms with van der Waals surface area (Å²) in [5, 5.41) is 1.90. The Bertz CT molecular complexity index is 827. The molecular formula is C17H19NO4S. The Hall–Kier alpha value is -2.21. The van der Waals surface area contributed by atoms with Crippen LogP contribution < -0.4 is 5.73 Å². The van der Waals surface area contributed by atoms with Crippen LogP contribution in [0.2, 0.25) is 0 Å². The molecule has 0 unspecified atom stereocenters. The quantitative estimate of drug-likeness (QED) is 0.591. The first-order chi connectivity index (χ1) is 10.9. The van der Waals surface area contributed by atoms with Crippen molar-refractivity contribution in [3.8, 4) is 0 Å². The Labute approximate surface area is 135 Å². The molecule has 23 heavy (non-hydrogen) atoms. The van der Waals surface area contributed by atoms with Crippen molar-refractivity contribution in [2.45, 2.75) is 19.3 Å². The van der Waals surface area contributed by atoms with Gasteiger partial charge in [0.05, 0.1) is 5.75 Å². The molecule has 2 aromatic carbocycles. The molecule has 0 heterocycles. The minimum absolute atomic E-state index is 0.112. The third-order valence-corrected chi connectivity index (χ3v) is 5.16. The molecule has 0 aliphatic rings. The van der Waals surface area contributed by atoms with Gasteiger partial charge >= 0.3 is 0 Å². The number of carbonyl (C=O) groups excluding carboxylic acids is 2. The van der Waals surface area contributed by atoms with Crippen LogP contribution in [-0.2, 0) is 14.6 Å². The molecule has 2 rings (SSSR count). The predicted molar refractivity (Wildman–Crippen MR) is 90.0 cm³/mol. The lowest BCUT2D eigenvalue weighted by Crippen LogP contribution is -2.19. The molecule has 1 amide bonds. The number of rotatable bonds is 8. The van der Waals surface area contributed by atoms with Gasteiger partial charge in [-0.2, -0.15) is 0 Å². The van der Waals surface area contributed by atoms with Gasteiger partial charge in [-0.3, -0.25) is 9.59 Å². The summed E-state index contributed by atoms with van der Waals surface area (Å²) in [6.07, 6.45) is 0.906. The number of hydrogen-bond acceptors (Lipinski definition) is 4. The monoisotopic (exact) mass is 333 g/mol. The maximum atomic E-state index is 12.2. The molecule has 0 aliphatic heterocycles. The smallest absolute Gasteiger partial charge is 0.217 e. The summed E-state index contributed by atoms with van der Waals surface area (Å²) in [5.74, 6) is -1.48. The highest BCUT2D eigenvalue weighted by molar-refractivity contribution is 7.92. The lowest BCUT2D eigenvalue weighted by atomic mass is 10.1.